The SMILES string of the molecule is C=CCOc1ccccc1C=C1N=C(c2cc(Cl)ccc2OC)OC1=O. The average molecular weight is 370 g/mol. The minimum atomic E-state index is -0.555. The van der Waals surface area contributed by atoms with E-state index < -0.39 is 5.97 Å². The van der Waals surface area contributed by atoms with Crippen LogP contribution in [0.4, 0.5) is 0 Å². The van der Waals surface area contributed by atoms with Crippen LogP contribution in [0.3, 0.4) is 0 Å². The molecule has 1 aliphatic heterocycles. The van der Waals surface area contributed by atoms with Gasteiger partial charge in [-0.2, -0.15) is 0 Å². The van der Waals surface area contributed by atoms with E-state index in [1.807, 2.05) is 18.2 Å². The highest BCUT2D eigenvalue weighted by Gasteiger charge is 2.26. The van der Waals surface area contributed by atoms with Gasteiger partial charge >= 0.3 is 5.97 Å². The highest BCUT2D eigenvalue weighted by atomic mass is 35.5. The van der Waals surface area contributed by atoms with Crippen LogP contribution >= 0.6 is 11.6 Å². The Morgan fingerprint density at radius 2 is 2.04 bits per heavy atom. The molecule has 3 rings (SSSR count). The molecule has 132 valence electrons. The lowest BCUT2D eigenvalue weighted by Crippen LogP contribution is -2.07. The van der Waals surface area contributed by atoms with Crippen molar-refractivity contribution in [2.24, 2.45) is 4.99 Å². The third kappa shape index (κ3) is 3.78. The first-order chi connectivity index (χ1) is 12.6. The molecule has 2 aromatic carbocycles. The number of para-hydroxylation sites is 1. The molecule has 0 spiro atoms. The molecule has 0 saturated heterocycles. The topological polar surface area (TPSA) is 57.1 Å². The minimum absolute atomic E-state index is 0.144. The first-order valence-corrected chi connectivity index (χ1v) is 8.19. The van der Waals surface area contributed by atoms with E-state index in [4.69, 9.17) is 25.8 Å². The number of nitrogens with zero attached hydrogens (tertiary/aromatic N) is 1. The number of halogens is 1. The van der Waals surface area contributed by atoms with Gasteiger partial charge in [0.1, 0.15) is 18.1 Å². The van der Waals surface area contributed by atoms with Crippen LogP contribution < -0.4 is 9.47 Å². The first kappa shape index (κ1) is 17.8. The van der Waals surface area contributed by atoms with Gasteiger partial charge in [-0.1, -0.05) is 42.5 Å². The summed E-state index contributed by atoms with van der Waals surface area (Å²) in [5.74, 6) is 0.722. The molecule has 0 unspecified atom stereocenters. The van der Waals surface area contributed by atoms with Crippen LogP contribution in [0, 0.1) is 0 Å². The van der Waals surface area contributed by atoms with Crippen molar-refractivity contribution in [1.82, 2.24) is 0 Å². The van der Waals surface area contributed by atoms with Crippen LogP contribution in [0.15, 0.2) is 65.8 Å². The van der Waals surface area contributed by atoms with Crippen molar-refractivity contribution in [3.8, 4) is 11.5 Å². The largest absolute Gasteiger partial charge is 0.496 e. The molecule has 26 heavy (non-hydrogen) atoms. The van der Waals surface area contributed by atoms with E-state index in [0.29, 0.717) is 34.3 Å². The van der Waals surface area contributed by atoms with E-state index >= 15 is 0 Å². The Balaban J connectivity index is 1.98. The molecule has 2 aromatic rings. The monoisotopic (exact) mass is 369 g/mol. The molecule has 0 N–H and O–H groups in total. The number of aliphatic imine (C=N–C) groups is 1. The molecule has 1 heterocycles. The van der Waals surface area contributed by atoms with Gasteiger partial charge in [0.05, 0.1) is 12.7 Å². The maximum atomic E-state index is 12.2. The Labute approximate surface area is 156 Å². The normalized spacial score (nSPS) is 14.8. The van der Waals surface area contributed by atoms with Crippen LogP contribution in [0.1, 0.15) is 11.1 Å². The van der Waals surface area contributed by atoms with Gasteiger partial charge < -0.3 is 14.2 Å². The van der Waals surface area contributed by atoms with Crippen LogP contribution in [0.25, 0.3) is 6.08 Å². The van der Waals surface area contributed by atoms with Crippen LogP contribution in [0.5, 0.6) is 11.5 Å². The van der Waals surface area contributed by atoms with Gasteiger partial charge in [0.2, 0.25) is 5.90 Å². The molecule has 1 aliphatic rings. The van der Waals surface area contributed by atoms with E-state index in [2.05, 4.69) is 11.6 Å². The molecule has 0 bridgehead atoms. The van der Waals surface area contributed by atoms with E-state index in [9.17, 15) is 4.79 Å². The zero-order valence-corrected chi connectivity index (χ0v) is 14.8. The number of benzene rings is 2. The van der Waals surface area contributed by atoms with Gasteiger partial charge in [-0.3, -0.25) is 0 Å². The molecule has 0 radical (unpaired) electrons. The van der Waals surface area contributed by atoms with E-state index in [-0.39, 0.29) is 11.6 Å². The fourth-order valence-electron chi connectivity index (χ4n) is 2.40. The maximum absolute atomic E-state index is 12.2. The fourth-order valence-corrected chi connectivity index (χ4v) is 2.57. The van der Waals surface area contributed by atoms with Crippen molar-refractivity contribution in [2.45, 2.75) is 0 Å². The summed E-state index contributed by atoms with van der Waals surface area (Å²) in [4.78, 5) is 16.5. The quantitative estimate of drug-likeness (QED) is 0.433. The van der Waals surface area contributed by atoms with Gasteiger partial charge in [0.25, 0.3) is 0 Å². The highest BCUT2D eigenvalue weighted by Crippen LogP contribution is 2.29. The van der Waals surface area contributed by atoms with E-state index in [0.717, 1.165) is 0 Å². The first-order valence-electron chi connectivity index (χ1n) is 7.81. The third-order valence-electron chi connectivity index (χ3n) is 3.58. The molecule has 0 aromatic heterocycles. The van der Waals surface area contributed by atoms with Gasteiger partial charge in [-0.25, -0.2) is 9.79 Å². The van der Waals surface area contributed by atoms with Gasteiger partial charge in [0, 0.05) is 10.6 Å². The van der Waals surface area contributed by atoms with Crippen molar-refractivity contribution >= 4 is 29.5 Å². The fraction of sp³-hybridized carbons (Fsp3) is 0.100. The lowest BCUT2D eigenvalue weighted by Gasteiger charge is -2.07. The molecule has 0 atom stereocenters. The summed E-state index contributed by atoms with van der Waals surface area (Å²) in [5.41, 5.74) is 1.38. The number of ether oxygens (including phenoxy) is 3. The lowest BCUT2D eigenvalue weighted by atomic mass is 10.1. The Bertz CT molecular complexity index is 918. The molecule has 5 nitrogen and oxygen atoms in total. The molecule has 0 fully saturated rings. The van der Waals surface area contributed by atoms with Crippen molar-refractivity contribution in [2.75, 3.05) is 13.7 Å². The standard InChI is InChI=1S/C20H16ClNO4/c1-3-10-25-17-7-5-4-6-13(17)11-16-20(23)26-19(22-16)15-12-14(21)8-9-18(15)24-2/h3-9,11-12H,1,10H2,2H3. The van der Waals surface area contributed by atoms with Crippen molar-refractivity contribution in [1.29, 1.82) is 0 Å². The van der Waals surface area contributed by atoms with Gasteiger partial charge in [-0.05, 0) is 30.3 Å². The zero-order valence-electron chi connectivity index (χ0n) is 14.1. The Morgan fingerprint density at radius 3 is 2.81 bits per heavy atom. The Hall–Kier alpha value is -3.05. The predicted molar refractivity (Wildman–Crippen MR) is 101 cm³/mol. The molecule has 0 saturated carbocycles. The molecule has 6 heteroatoms. The number of rotatable bonds is 6. The summed E-state index contributed by atoms with van der Waals surface area (Å²) < 4.78 is 16.2. The Morgan fingerprint density at radius 1 is 1.23 bits per heavy atom. The summed E-state index contributed by atoms with van der Waals surface area (Å²) in [6, 6.07) is 12.3. The van der Waals surface area contributed by atoms with E-state index in [1.165, 1.54) is 7.11 Å². The Kier molecular flexibility index (Phi) is 5.39. The number of hydrogen-bond donors (Lipinski definition) is 0. The number of carbonyl (C=O) groups is 1. The molecule has 0 aliphatic carbocycles. The lowest BCUT2D eigenvalue weighted by molar-refractivity contribution is -0.129. The summed E-state index contributed by atoms with van der Waals surface area (Å²) in [6.45, 7) is 3.99. The number of esters is 1. The second kappa shape index (κ2) is 7.89. The average Bonchev–Trinajstić information content (AvgIpc) is 3.01. The molecule has 0 amide bonds. The second-order valence-corrected chi connectivity index (χ2v) is 5.75. The second-order valence-electron chi connectivity index (χ2n) is 5.32. The van der Waals surface area contributed by atoms with Crippen LogP contribution in [0.2, 0.25) is 5.02 Å². The number of hydrogen-bond acceptors (Lipinski definition) is 5. The van der Waals surface area contributed by atoms with Crippen LogP contribution in [-0.4, -0.2) is 25.6 Å². The van der Waals surface area contributed by atoms with E-state index in [1.54, 1.807) is 36.4 Å². The van der Waals surface area contributed by atoms with Crippen molar-refractivity contribution < 1.29 is 19.0 Å². The highest BCUT2D eigenvalue weighted by molar-refractivity contribution is 6.31. The zero-order chi connectivity index (χ0) is 18.5. The third-order valence-corrected chi connectivity index (χ3v) is 3.82. The minimum Gasteiger partial charge on any atom is -0.496 e. The number of carbonyl (C=O) groups excluding carboxylic acids is 1. The van der Waals surface area contributed by atoms with Crippen LogP contribution in [-0.2, 0) is 9.53 Å². The summed E-state index contributed by atoms with van der Waals surface area (Å²) in [5, 5.41) is 0.486. The number of cyclic esters (lactones) is 1. The van der Waals surface area contributed by atoms with Gasteiger partial charge in [-0.15, -0.1) is 0 Å². The summed E-state index contributed by atoms with van der Waals surface area (Å²) in [7, 11) is 1.52. The van der Waals surface area contributed by atoms with Crippen molar-refractivity contribution in [3.05, 3.63) is 77.0 Å². The summed E-state index contributed by atoms with van der Waals surface area (Å²) >= 11 is 6.03. The molecular formula is C20H16ClNO4. The van der Waals surface area contributed by atoms with Crippen molar-refractivity contribution in [3.63, 3.8) is 0 Å². The maximum Gasteiger partial charge on any atom is 0.363 e. The smallest absolute Gasteiger partial charge is 0.363 e. The summed E-state index contributed by atoms with van der Waals surface area (Å²) in [6.07, 6.45) is 3.26. The van der Waals surface area contributed by atoms with Gasteiger partial charge in [0.15, 0.2) is 5.70 Å². The predicted octanol–water partition coefficient (Wildman–Crippen LogP) is 4.26. The number of methoxy groups -OCH3 is 1. The molecular weight excluding hydrogens is 354 g/mol.